The Hall–Kier alpha value is -2.58. The van der Waals surface area contributed by atoms with Crippen LogP contribution in [0.4, 0.5) is 0 Å². The molecule has 0 bridgehead atoms. The predicted octanol–water partition coefficient (Wildman–Crippen LogP) is 6.48. The Morgan fingerprint density at radius 3 is 2.27 bits per heavy atom. The van der Waals surface area contributed by atoms with Gasteiger partial charge in [0.25, 0.3) is 5.91 Å². The lowest BCUT2D eigenvalue weighted by Crippen LogP contribution is -2.48. The molecule has 41 heavy (non-hydrogen) atoms. The van der Waals surface area contributed by atoms with Crippen LogP contribution in [0.25, 0.3) is 0 Å². The van der Waals surface area contributed by atoms with Crippen LogP contribution in [0.15, 0.2) is 58.3 Å². The van der Waals surface area contributed by atoms with Crippen LogP contribution in [0.5, 0.6) is 0 Å². The smallest absolute Gasteiger partial charge is 0.255 e. The minimum atomic E-state index is -3.53. The molecular weight excluding hydrogens is 558 g/mol. The molecule has 0 radical (unpaired) electrons. The second kappa shape index (κ2) is 14.5. The normalized spacial score (nSPS) is 21.9. The third-order valence-electron chi connectivity index (χ3n) is 8.40. The highest BCUT2D eigenvalue weighted by Crippen LogP contribution is 2.31. The van der Waals surface area contributed by atoms with Crippen molar-refractivity contribution in [1.29, 1.82) is 0 Å². The first-order chi connectivity index (χ1) is 19.3. The van der Waals surface area contributed by atoms with E-state index in [9.17, 15) is 18.0 Å². The average molecular weight is 604 g/mol. The van der Waals surface area contributed by atoms with Gasteiger partial charge in [-0.2, -0.15) is 0 Å². The monoisotopic (exact) mass is 603 g/mol. The van der Waals surface area contributed by atoms with Crippen molar-refractivity contribution in [3.8, 4) is 0 Å². The Morgan fingerprint density at radius 1 is 1.10 bits per heavy atom. The fourth-order valence-electron chi connectivity index (χ4n) is 6.00. The summed E-state index contributed by atoms with van der Waals surface area (Å²) < 4.78 is 25.1. The van der Waals surface area contributed by atoms with Crippen LogP contribution >= 0.6 is 11.6 Å². The summed E-state index contributed by atoms with van der Waals surface area (Å²) in [7, 11) is -3.53. The first kappa shape index (κ1) is 32.9. The molecule has 0 saturated carbocycles. The second-order valence-corrected chi connectivity index (χ2v) is 14.0. The van der Waals surface area contributed by atoms with Crippen LogP contribution < -0.4 is 5.32 Å². The number of hydrogen-bond acceptors (Lipinski definition) is 5. The number of nitrogens with zero attached hydrogens (tertiary/aromatic N) is 2. The van der Waals surface area contributed by atoms with Crippen LogP contribution in [-0.4, -0.2) is 61.5 Å². The van der Waals surface area contributed by atoms with Gasteiger partial charge < -0.3 is 15.1 Å². The highest BCUT2D eigenvalue weighted by atomic mass is 35.5. The number of halogens is 1. The molecule has 2 fully saturated rings. The fraction of sp³-hybridized carbons (Fsp3) is 0.562. The van der Waals surface area contributed by atoms with E-state index in [1.807, 2.05) is 13.8 Å². The van der Waals surface area contributed by atoms with Crippen LogP contribution in [0.2, 0.25) is 5.02 Å². The number of hydrogen-bond donors (Lipinski definition) is 1. The van der Waals surface area contributed by atoms with Crippen LogP contribution in [0.3, 0.4) is 0 Å². The number of piperidine rings is 2. The van der Waals surface area contributed by atoms with Gasteiger partial charge >= 0.3 is 0 Å². The summed E-state index contributed by atoms with van der Waals surface area (Å²) in [6.07, 6.45) is 10.6. The number of carbonyl (C=O) groups excluding carboxylic acids is 2. The van der Waals surface area contributed by atoms with E-state index in [0.29, 0.717) is 53.8 Å². The van der Waals surface area contributed by atoms with Gasteiger partial charge in [0.2, 0.25) is 5.91 Å². The van der Waals surface area contributed by atoms with Crippen molar-refractivity contribution in [2.24, 2.45) is 5.92 Å². The van der Waals surface area contributed by atoms with E-state index in [2.05, 4.69) is 29.0 Å². The Balaban J connectivity index is 1.86. The van der Waals surface area contributed by atoms with Crippen LogP contribution in [-0.2, 0) is 14.6 Å². The standard InChI is InChI=1S/C32H46ClN3O4S/c1-7-22(3)31(35-17-15-25(16-18-35)19-30(37)36-23(4)11-9-12-24(36)5)29(21-28(8-2)41(6,39)40)34-32(38)26-13-10-14-27(33)20-26/h8,10,13-14,20-21,23-25H,7,9,11-12,15-19H2,1-6H3,(H,34,38). The molecule has 2 amide bonds. The highest BCUT2D eigenvalue weighted by Gasteiger charge is 2.32. The molecule has 0 aliphatic carbocycles. The lowest BCUT2D eigenvalue weighted by molar-refractivity contribution is -0.138. The third-order valence-corrected chi connectivity index (χ3v) is 9.84. The topological polar surface area (TPSA) is 86.8 Å². The molecule has 2 heterocycles. The summed E-state index contributed by atoms with van der Waals surface area (Å²) in [5.74, 6) is 0.178. The zero-order valence-electron chi connectivity index (χ0n) is 25.4. The van der Waals surface area contributed by atoms with Gasteiger partial charge in [-0.3, -0.25) is 9.59 Å². The average Bonchev–Trinajstić information content (AvgIpc) is 2.91. The molecule has 0 spiro atoms. The number of likely N-dealkylation sites (tertiary alicyclic amines) is 2. The van der Waals surface area contributed by atoms with Gasteiger partial charge in [0.05, 0.1) is 16.3 Å². The van der Waals surface area contributed by atoms with Gasteiger partial charge in [-0.1, -0.05) is 30.7 Å². The largest absolute Gasteiger partial charge is 0.370 e. The van der Waals surface area contributed by atoms with E-state index in [4.69, 9.17) is 11.6 Å². The van der Waals surface area contributed by atoms with Crippen LogP contribution in [0, 0.1) is 5.92 Å². The van der Waals surface area contributed by atoms with E-state index in [1.165, 1.54) is 6.42 Å². The summed E-state index contributed by atoms with van der Waals surface area (Å²) in [4.78, 5) is 31.1. The summed E-state index contributed by atoms with van der Waals surface area (Å²) in [5, 5.41) is 3.45. The number of rotatable bonds is 9. The maximum atomic E-state index is 13.3. The van der Waals surface area contributed by atoms with E-state index in [0.717, 1.165) is 49.6 Å². The molecule has 1 N–H and O–H groups in total. The molecule has 3 rings (SSSR count). The Morgan fingerprint density at radius 2 is 1.73 bits per heavy atom. The van der Waals surface area contributed by atoms with Crippen molar-refractivity contribution in [3.63, 3.8) is 0 Å². The fourth-order valence-corrected chi connectivity index (χ4v) is 6.95. The molecule has 2 aliphatic rings. The Bertz CT molecular complexity index is 1300. The minimum absolute atomic E-state index is 0.130. The summed E-state index contributed by atoms with van der Waals surface area (Å²) in [5.41, 5.74) is 2.70. The van der Waals surface area contributed by atoms with Gasteiger partial charge in [0.1, 0.15) is 0 Å². The second-order valence-electron chi connectivity index (χ2n) is 11.5. The van der Waals surface area contributed by atoms with E-state index in [1.54, 1.807) is 43.3 Å². The quantitative estimate of drug-likeness (QED) is 0.327. The molecule has 7 nitrogen and oxygen atoms in total. The van der Waals surface area contributed by atoms with Gasteiger partial charge in [-0.15, -0.1) is 0 Å². The predicted molar refractivity (Wildman–Crippen MR) is 167 cm³/mol. The van der Waals surface area contributed by atoms with E-state index < -0.39 is 9.84 Å². The van der Waals surface area contributed by atoms with Crippen molar-refractivity contribution < 1.29 is 18.0 Å². The number of nitrogens with one attached hydrogen (secondary N) is 1. The zero-order valence-corrected chi connectivity index (χ0v) is 26.9. The number of carbonyl (C=O) groups is 2. The number of amides is 2. The molecule has 1 aromatic rings. The Labute approximate surface area is 251 Å². The van der Waals surface area contributed by atoms with Crippen molar-refractivity contribution in [1.82, 2.24) is 15.1 Å². The molecule has 9 heteroatoms. The van der Waals surface area contributed by atoms with E-state index in [-0.39, 0.29) is 16.7 Å². The maximum Gasteiger partial charge on any atom is 0.255 e. The molecular formula is C32H46ClN3O4S. The van der Waals surface area contributed by atoms with Crippen molar-refractivity contribution in [2.45, 2.75) is 91.6 Å². The van der Waals surface area contributed by atoms with Crippen molar-refractivity contribution in [3.05, 3.63) is 68.9 Å². The van der Waals surface area contributed by atoms with E-state index >= 15 is 0 Å². The molecule has 1 aromatic carbocycles. The number of sulfone groups is 1. The van der Waals surface area contributed by atoms with Gasteiger partial charge in [-0.25, -0.2) is 8.42 Å². The van der Waals surface area contributed by atoms with Crippen molar-refractivity contribution >= 4 is 33.3 Å². The lowest BCUT2D eigenvalue weighted by atomic mass is 9.90. The summed E-state index contributed by atoms with van der Waals surface area (Å²) in [6, 6.07) is 7.25. The Kier molecular flexibility index (Phi) is 11.7. The van der Waals surface area contributed by atoms with Gasteiger partial charge in [0, 0.05) is 48.4 Å². The molecule has 226 valence electrons. The van der Waals surface area contributed by atoms with Gasteiger partial charge in [0.15, 0.2) is 9.84 Å². The van der Waals surface area contributed by atoms with Crippen molar-refractivity contribution in [2.75, 3.05) is 19.3 Å². The molecule has 2 aliphatic heterocycles. The highest BCUT2D eigenvalue weighted by molar-refractivity contribution is 7.94. The zero-order chi connectivity index (χ0) is 30.3. The molecule has 0 aromatic heterocycles. The molecule has 2 saturated heterocycles. The third kappa shape index (κ3) is 8.71. The first-order valence-corrected chi connectivity index (χ1v) is 17.0. The molecule has 2 unspecified atom stereocenters. The maximum absolute atomic E-state index is 13.3. The van der Waals surface area contributed by atoms with Crippen LogP contribution in [0.1, 0.15) is 89.9 Å². The number of allylic oxidation sites excluding steroid dienone is 3. The minimum Gasteiger partial charge on any atom is -0.370 e. The lowest BCUT2D eigenvalue weighted by Gasteiger charge is -2.41. The van der Waals surface area contributed by atoms with Gasteiger partial charge in [-0.05, 0) is 102 Å². The summed E-state index contributed by atoms with van der Waals surface area (Å²) in [6.45, 7) is 11.5. The molecule has 2 atom stereocenters. The SMILES string of the molecule is CC=C(C=C(NC(=O)c1cccc(Cl)c1)C(=C(C)CC)N1CCC(CC(=O)N2C(C)CCCC2C)CC1)S(C)(=O)=O. The first-order valence-electron chi connectivity index (χ1n) is 14.8. The number of benzene rings is 1. The summed E-state index contributed by atoms with van der Waals surface area (Å²) >= 11 is 6.14.